The summed E-state index contributed by atoms with van der Waals surface area (Å²) < 4.78 is 0. The number of aryl methyl sites for hydroxylation is 1. The Morgan fingerprint density at radius 3 is 2.83 bits per heavy atom. The molecule has 0 amide bonds. The monoisotopic (exact) mass is 262 g/mol. The Morgan fingerprint density at radius 1 is 1.44 bits per heavy atom. The van der Waals surface area contributed by atoms with E-state index in [2.05, 4.69) is 25.2 Å². The van der Waals surface area contributed by atoms with Crippen molar-refractivity contribution < 1.29 is 0 Å². The maximum absolute atomic E-state index is 5.78. The lowest BCUT2D eigenvalue weighted by Crippen LogP contribution is -2.17. The van der Waals surface area contributed by atoms with Gasteiger partial charge in [0.15, 0.2) is 0 Å². The summed E-state index contributed by atoms with van der Waals surface area (Å²) in [7, 11) is 0. The van der Waals surface area contributed by atoms with Gasteiger partial charge in [-0.1, -0.05) is 37.7 Å². The topological polar surface area (TPSA) is 38.0 Å². The smallest absolute Gasteiger partial charge is 0.106 e. The third-order valence-corrected chi connectivity index (χ3v) is 4.13. The lowest BCUT2D eigenvalue weighted by molar-refractivity contribution is 0.537. The summed E-state index contributed by atoms with van der Waals surface area (Å²) in [5.74, 6) is 1.67. The lowest BCUT2D eigenvalue weighted by Gasteiger charge is -2.17. The van der Waals surface area contributed by atoms with Gasteiger partial charge < -0.3 is 11.1 Å². The van der Waals surface area contributed by atoms with E-state index in [1.807, 2.05) is 12.1 Å². The molecule has 1 aliphatic rings. The van der Waals surface area contributed by atoms with Crippen LogP contribution in [0.5, 0.6) is 0 Å². The molecule has 0 heterocycles. The first-order valence-corrected chi connectivity index (χ1v) is 7.12. The number of nitrogens with two attached hydrogens (primary N) is 1. The Balaban J connectivity index is 2.06. The number of rotatable bonds is 4. The Labute approximate surface area is 115 Å². The van der Waals surface area contributed by atoms with Crippen molar-refractivity contribution in [1.29, 1.82) is 0 Å². The van der Waals surface area contributed by atoms with Gasteiger partial charge in [0.1, 0.15) is 4.99 Å². The van der Waals surface area contributed by atoms with Crippen molar-refractivity contribution >= 4 is 22.9 Å². The average Bonchev–Trinajstić information content (AvgIpc) is 2.73. The molecule has 0 bridgehead atoms. The molecule has 0 aromatic heterocycles. The molecular formula is C15H22N2S. The Hall–Kier alpha value is -1.09. The average molecular weight is 262 g/mol. The van der Waals surface area contributed by atoms with Crippen molar-refractivity contribution in [2.75, 3.05) is 11.9 Å². The molecular weight excluding hydrogens is 240 g/mol. The highest BCUT2D eigenvalue weighted by atomic mass is 32.1. The van der Waals surface area contributed by atoms with Crippen molar-refractivity contribution in [2.24, 2.45) is 17.6 Å². The highest BCUT2D eigenvalue weighted by Gasteiger charge is 2.21. The minimum atomic E-state index is 0.473. The summed E-state index contributed by atoms with van der Waals surface area (Å²) in [5.41, 5.74) is 9.08. The molecule has 2 unspecified atom stereocenters. The van der Waals surface area contributed by atoms with Gasteiger partial charge in [0.2, 0.25) is 0 Å². The lowest BCUT2D eigenvalue weighted by atomic mass is 10.0. The number of para-hydroxylation sites is 1. The molecule has 2 atom stereocenters. The molecule has 3 N–H and O–H groups in total. The van der Waals surface area contributed by atoms with Crippen LogP contribution in [0.25, 0.3) is 0 Å². The van der Waals surface area contributed by atoms with Gasteiger partial charge in [0.25, 0.3) is 0 Å². The van der Waals surface area contributed by atoms with E-state index in [0.29, 0.717) is 4.99 Å². The van der Waals surface area contributed by atoms with Gasteiger partial charge in [-0.15, -0.1) is 0 Å². The number of nitrogens with one attached hydrogen (secondary N) is 1. The molecule has 0 radical (unpaired) electrons. The van der Waals surface area contributed by atoms with E-state index in [9.17, 15) is 0 Å². The van der Waals surface area contributed by atoms with Crippen LogP contribution in [-0.4, -0.2) is 11.5 Å². The van der Waals surface area contributed by atoms with Crippen LogP contribution in [-0.2, 0) is 0 Å². The number of hydrogen-bond acceptors (Lipinski definition) is 2. The van der Waals surface area contributed by atoms with Crippen LogP contribution in [0.1, 0.15) is 37.3 Å². The highest BCUT2D eigenvalue weighted by molar-refractivity contribution is 7.80. The summed E-state index contributed by atoms with van der Waals surface area (Å²) in [5, 5.41) is 3.56. The quantitative estimate of drug-likeness (QED) is 0.816. The summed E-state index contributed by atoms with van der Waals surface area (Å²) >= 11 is 5.11. The van der Waals surface area contributed by atoms with Gasteiger partial charge >= 0.3 is 0 Å². The molecule has 0 saturated heterocycles. The van der Waals surface area contributed by atoms with Crippen LogP contribution < -0.4 is 11.1 Å². The van der Waals surface area contributed by atoms with Crippen molar-refractivity contribution in [3.05, 3.63) is 29.3 Å². The van der Waals surface area contributed by atoms with E-state index >= 15 is 0 Å². The fourth-order valence-corrected chi connectivity index (χ4v) is 3.03. The second kappa shape index (κ2) is 5.70. The third-order valence-electron chi connectivity index (χ3n) is 3.91. The molecule has 0 aliphatic heterocycles. The van der Waals surface area contributed by atoms with Crippen LogP contribution in [0.2, 0.25) is 0 Å². The van der Waals surface area contributed by atoms with Gasteiger partial charge in [0.05, 0.1) is 0 Å². The normalized spacial score (nSPS) is 23.0. The zero-order valence-electron chi connectivity index (χ0n) is 11.2. The SMILES string of the molecule is Cc1cccc(C(N)=S)c1NCC1CCC(C)C1. The predicted molar refractivity (Wildman–Crippen MR) is 82.1 cm³/mol. The molecule has 18 heavy (non-hydrogen) atoms. The third kappa shape index (κ3) is 3.02. The number of anilines is 1. The van der Waals surface area contributed by atoms with Crippen LogP contribution in [0.4, 0.5) is 5.69 Å². The van der Waals surface area contributed by atoms with E-state index < -0.39 is 0 Å². The zero-order valence-corrected chi connectivity index (χ0v) is 12.0. The maximum atomic E-state index is 5.78. The number of benzene rings is 1. The Bertz CT molecular complexity index is 442. The minimum Gasteiger partial charge on any atom is -0.389 e. The van der Waals surface area contributed by atoms with E-state index in [4.69, 9.17) is 18.0 Å². The molecule has 98 valence electrons. The second-order valence-electron chi connectivity index (χ2n) is 5.53. The number of hydrogen-bond donors (Lipinski definition) is 2. The fraction of sp³-hybridized carbons (Fsp3) is 0.533. The van der Waals surface area contributed by atoms with Gasteiger partial charge in [-0.25, -0.2) is 0 Å². The first-order valence-electron chi connectivity index (χ1n) is 6.71. The fourth-order valence-electron chi connectivity index (χ4n) is 2.86. The highest BCUT2D eigenvalue weighted by Crippen LogP contribution is 2.31. The predicted octanol–water partition coefficient (Wildman–Crippen LogP) is 3.48. The summed E-state index contributed by atoms with van der Waals surface area (Å²) in [6.07, 6.45) is 4.03. The Morgan fingerprint density at radius 2 is 2.22 bits per heavy atom. The van der Waals surface area contributed by atoms with Crippen LogP contribution >= 0.6 is 12.2 Å². The number of thiocarbonyl (C=S) groups is 1. The van der Waals surface area contributed by atoms with Crippen molar-refractivity contribution in [1.82, 2.24) is 0 Å². The van der Waals surface area contributed by atoms with Crippen molar-refractivity contribution in [3.8, 4) is 0 Å². The van der Waals surface area contributed by atoms with Crippen LogP contribution in [0.3, 0.4) is 0 Å². The first kappa shape index (κ1) is 13.3. The van der Waals surface area contributed by atoms with E-state index in [1.165, 1.54) is 24.8 Å². The molecule has 1 aromatic rings. The van der Waals surface area contributed by atoms with Gasteiger partial charge in [-0.05, 0) is 43.2 Å². The molecule has 1 aliphatic carbocycles. The summed E-state index contributed by atoms with van der Waals surface area (Å²) in [6, 6.07) is 6.10. The second-order valence-corrected chi connectivity index (χ2v) is 5.97. The zero-order chi connectivity index (χ0) is 13.1. The summed E-state index contributed by atoms with van der Waals surface area (Å²) in [4.78, 5) is 0.473. The molecule has 2 nitrogen and oxygen atoms in total. The Kier molecular flexibility index (Phi) is 4.23. The van der Waals surface area contributed by atoms with E-state index in [1.54, 1.807) is 0 Å². The molecule has 1 aromatic carbocycles. The molecule has 0 spiro atoms. The maximum Gasteiger partial charge on any atom is 0.106 e. The van der Waals surface area contributed by atoms with Crippen LogP contribution in [0.15, 0.2) is 18.2 Å². The first-order chi connectivity index (χ1) is 8.58. The van der Waals surface area contributed by atoms with Gasteiger partial charge in [-0.3, -0.25) is 0 Å². The van der Waals surface area contributed by atoms with E-state index in [0.717, 1.165) is 29.6 Å². The van der Waals surface area contributed by atoms with Gasteiger partial charge in [-0.2, -0.15) is 0 Å². The van der Waals surface area contributed by atoms with E-state index in [-0.39, 0.29) is 0 Å². The standard InChI is InChI=1S/C15H22N2S/c1-10-6-7-12(8-10)9-17-14-11(2)4-3-5-13(14)15(16)18/h3-5,10,12,17H,6-9H2,1-2H3,(H2,16,18). The van der Waals surface area contributed by atoms with Crippen LogP contribution in [0, 0.1) is 18.8 Å². The van der Waals surface area contributed by atoms with Crippen molar-refractivity contribution in [3.63, 3.8) is 0 Å². The largest absolute Gasteiger partial charge is 0.389 e. The molecule has 3 heteroatoms. The molecule has 2 rings (SSSR count). The molecule has 1 fully saturated rings. The minimum absolute atomic E-state index is 0.473. The van der Waals surface area contributed by atoms with Gasteiger partial charge in [0, 0.05) is 17.8 Å². The molecule has 1 saturated carbocycles. The van der Waals surface area contributed by atoms with Crippen molar-refractivity contribution in [2.45, 2.75) is 33.1 Å². The summed E-state index contributed by atoms with van der Waals surface area (Å²) in [6.45, 7) is 5.47.